The van der Waals surface area contributed by atoms with Gasteiger partial charge in [-0.05, 0) is 59.8 Å². The number of thiophene rings is 1. The average Bonchev–Trinajstić information content (AvgIpc) is 3.60. The number of aryl methyl sites for hydroxylation is 1. The summed E-state index contributed by atoms with van der Waals surface area (Å²) in [5.74, 6) is 2.23. The molecule has 182 valence electrons. The number of nitrogens with zero attached hydrogens (tertiary/aromatic N) is 4. The minimum Gasteiger partial charge on any atom is -0.497 e. The monoisotopic (exact) mass is 490 g/mol. The molecule has 0 saturated carbocycles. The smallest absolute Gasteiger partial charge is 0.229 e. The fourth-order valence-corrected chi connectivity index (χ4v) is 5.21. The van der Waals surface area contributed by atoms with Crippen molar-refractivity contribution in [2.24, 2.45) is 0 Å². The van der Waals surface area contributed by atoms with Gasteiger partial charge in [0.05, 0.1) is 17.9 Å². The van der Waals surface area contributed by atoms with Crippen molar-refractivity contribution in [2.45, 2.75) is 25.7 Å². The van der Waals surface area contributed by atoms with Crippen molar-refractivity contribution in [1.82, 2.24) is 19.9 Å². The number of piperazine rings is 1. The second-order valence-electron chi connectivity index (χ2n) is 8.95. The van der Waals surface area contributed by atoms with Crippen LogP contribution in [0.15, 0.2) is 58.4 Å². The van der Waals surface area contributed by atoms with Crippen molar-refractivity contribution in [1.29, 1.82) is 0 Å². The Kier molecular flexibility index (Phi) is 7.11. The first-order valence-electron chi connectivity index (χ1n) is 12.1. The fraction of sp³-hybridized carbons (Fsp3) is 0.370. The number of methoxy groups -OCH3 is 1. The van der Waals surface area contributed by atoms with E-state index in [4.69, 9.17) is 9.26 Å². The van der Waals surface area contributed by atoms with Gasteiger partial charge in [0.1, 0.15) is 5.75 Å². The zero-order chi connectivity index (χ0) is 24.2. The van der Waals surface area contributed by atoms with Crippen LogP contribution >= 0.6 is 11.3 Å². The molecule has 8 heteroatoms. The van der Waals surface area contributed by atoms with Crippen molar-refractivity contribution in [3.63, 3.8) is 0 Å². The molecule has 0 aliphatic carbocycles. The quantitative estimate of drug-likeness (QED) is 0.352. The molecule has 2 aromatic heterocycles. The van der Waals surface area contributed by atoms with Crippen molar-refractivity contribution in [2.75, 3.05) is 39.8 Å². The molecule has 1 saturated heterocycles. The van der Waals surface area contributed by atoms with Gasteiger partial charge in [0.15, 0.2) is 0 Å². The molecule has 0 radical (unpaired) electrons. The van der Waals surface area contributed by atoms with Gasteiger partial charge in [-0.3, -0.25) is 9.69 Å². The molecule has 1 aliphatic rings. The molecule has 0 spiro atoms. The van der Waals surface area contributed by atoms with E-state index in [0.717, 1.165) is 72.5 Å². The third-order valence-electron chi connectivity index (χ3n) is 6.70. The normalized spacial score (nSPS) is 15.4. The summed E-state index contributed by atoms with van der Waals surface area (Å²) < 4.78 is 10.7. The van der Waals surface area contributed by atoms with Gasteiger partial charge in [-0.25, -0.2) is 0 Å². The lowest BCUT2D eigenvalue weighted by Crippen LogP contribution is -2.49. The lowest BCUT2D eigenvalue weighted by molar-refractivity contribution is -0.134. The number of carbonyl (C=O) groups excluding carboxylic acids is 1. The van der Waals surface area contributed by atoms with Crippen molar-refractivity contribution in [3.8, 4) is 16.5 Å². The predicted molar refractivity (Wildman–Crippen MR) is 138 cm³/mol. The highest BCUT2D eigenvalue weighted by atomic mass is 32.1. The highest BCUT2D eigenvalue weighted by molar-refractivity contribution is 7.13. The van der Waals surface area contributed by atoms with E-state index in [2.05, 4.69) is 33.2 Å². The van der Waals surface area contributed by atoms with E-state index < -0.39 is 0 Å². The predicted octanol–water partition coefficient (Wildman–Crippen LogP) is 4.84. The van der Waals surface area contributed by atoms with Gasteiger partial charge >= 0.3 is 0 Å². The molecule has 7 nitrogen and oxygen atoms in total. The van der Waals surface area contributed by atoms with Crippen LogP contribution in [0.5, 0.6) is 5.75 Å². The van der Waals surface area contributed by atoms with Gasteiger partial charge in [0.25, 0.3) is 0 Å². The largest absolute Gasteiger partial charge is 0.497 e. The third-order valence-corrected chi connectivity index (χ3v) is 7.57. The fourth-order valence-electron chi connectivity index (χ4n) is 4.56. The minimum absolute atomic E-state index is 0.164. The summed E-state index contributed by atoms with van der Waals surface area (Å²) in [4.78, 5) is 23.1. The maximum absolute atomic E-state index is 13.2. The van der Waals surface area contributed by atoms with Crippen LogP contribution < -0.4 is 4.74 Å². The first-order valence-corrected chi connectivity index (χ1v) is 12.9. The molecule has 1 atom stereocenters. The Morgan fingerprint density at radius 3 is 2.69 bits per heavy atom. The Hall–Kier alpha value is -3.23. The summed E-state index contributed by atoms with van der Waals surface area (Å²) in [7, 11) is 1.67. The molecule has 3 heterocycles. The van der Waals surface area contributed by atoms with E-state index in [9.17, 15) is 4.79 Å². The number of amides is 1. The second kappa shape index (κ2) is 10.6. The van der Waals surface area contributed by atoms with Gasteiger partial charge in [-0.1, -0.05) is 35.5 Å². The molecule has 1 amide bonds. The number of rotatable bonds is 8. The van der Waals surface area contributed by atoms with E-state index in [1.54, 1.807) is 18.4 Å². The van der Waals surface area contributed by atoms with Crippen LogP contribution in [0, 0.1) is 0 Å². The zero-order valence-electron chi connectivity index (χ0n) is 20.1. The standard InChI is InChI=1S/C27H30N4O3S/c1-19(20-7-8-22-18-23(33-2)10-9-21(22)17-20)27(32)31-14-12-30(13-15-31)11-3-6-25-28-26(29-34-25)24-5-4-16-35-24/h4-5,7-10,16-19H,3,6,11-15H2,1-2H3/t19-/m0/s1. The molecule has 0 N–H and O–H groups in total. The van der Waals surface area contributed by atoms with Crippen LogP contribution in [-0.4, -0.2) is 65.7 Å². The van der Waals surface area contributed by atoms with Gasteiger partial charge in [0, 0.05) is 32.6 Å². The maximum Gasteiger partial charge on any atom is 0.229 e. The van der Waals surface area contributed by atoms with Crippen molar-refractivity contribution in [3.05, 3.63) is 65.4 Å². The first-order chi connectivity index (χ1) is 17.1. The van der Waals surface area contributed by atoms with Crippen LogP contribution in [0.25, 0.3) is 21.5 Å². The molecule has 1 aliphatic heterocycles. The molecule has 35 heavy (non-hydrogen) atoms. The number of ether oxygens (including phenoxy) is 1. The van der Waals surface area contributed by atoms with Crippen LogP contribution in [0.3, 0.4) is 0 Å². The molecular formula is C27H30N4O3S. The number of benzene rings is 2. The summed E-state index contributed by atoms with van der Waals surface area (Å²) in [6.07, 6.45) is 1.72. The molecule has 4 aromatic rings. The summed E-state index contributed by atoms with van der Waals surface area (Å²) in [5, 5.41) is 8.33. The highest BCUT2D eigenvalue weighted by Crippen LogP contribution is 2.26. The Bertz CT molecular complexity index is 1280. The Balaban J connectivity index is 1.09. The first kappa shape index (κ1) is 23.5. The molecule has 2 aromatic carbocycles. The lowest BCUT2D eigenvalue weighted by Gasteiger charge is -2.36. The van der Waals surface area contributed by atoms with E-state index in [1.807, 2.05) is 47.5 Å². The number of aromatic nitrogens is 2. The summed E-state index contributed by atoms with van der Waals surface area (Å²) in [5.41, 5.74) is 1.05. The maximum atomic E-state index is 13.2. The highest BCUT2D eigenvalue weighted by Gasteiger charge is 2.26. The summed E-state index contributed by atoms with van der Waals surface area (Å²) in [6.45, 7) is 6.27. The van der Waals surface area contributed by atoms with E-state index in [0.29, 0.717) is 11.7 Å². The Morgan fingerprint density at radius 1 is 1.11 bits per heavy atom. The lowest BCUT2D eigenvalue weighted by atomic mass is 9.96. The van der Waals surface area contributed by atoms with Crippen LogP contribution in [0.4, 0.5) is 0 Å². The minimum atomic E-state index is -0.164. The van der Waals surface area contributed by atoms with Gasteiger partial charge in [-0.2, -0.15) is 4.98 Å². The zero-order valence-corrected chi connectivity index (χ0v) is 21.0. The van der Waals surface area contributed by atoms with Crippen molar-refractivity contribution >= 4 is 28.0 Å². The third kappa shape index (κ3) is 5.39. The number of carbonyl (C=O) groups is 1. The molecule has 0 bridgehead atoms. The van der Waals surface area contributed by atoms with Crippen LogP contribution in [-0.2, 0) is 11.2 Å². The molecule has 0 unspecified atom stereocenters. The molecule has 5 rings (SSSR count). The topological polar surface area (TPSA) is 71.7 Å². The van der Waals surface area contributed by atoms with Gasteiger partial charge in [0.2, 0.25) is 17.6 Å². The van der Waals surface area contributed by atoms with Gasteiger partial charge < -0.3 is 14.2 Å². The Labute approximate surface area is 209 Å². The number of fused-ring (bicyclic) bond motifs is 1. The second-order valence-corrected chi connectivity index (χ2v) is 9.90. The number of hydrogen-bond donors (Lipinski definition) is 0. The molecule has 1 fully saturated rings. The van der Waals surface area contributed by atoms with E-state index in [1.165, 1.54) is 0 Å². The van der Waals surface area contributed by atoms with E-state index in [-0.39, 0.29) is 11.8 Å². The average molecular weight is 491 g/mol. The Morgan fingerprint density at radius 2 is 1.91 bits per heavy atom. The summed E-state index contributed by atoms with van der Waals surface area (Å²) >= 11 is 1.61. The molecular weight excluding hydrogens is 460 g/mol. The number of hydrogen-bond acceptors (Lipinski definition) is 7. The van der Waals surface area contributed by atoms with Crippen LogP contribution in [0.2, 0.25) is 0 Å². The summed E-state index contributed by atoms with van der Waals surface area (Å²) in [6, 6.07) is 16.3. The van der Waals surface area contributed by atoms with Crippen LogP contribution in [0.1, 0.15) is 30.7 Å². The van der Waals surface area contributed by atoms with E-state index >= 15 is 0 Å². The van der Waals surface area contributed by atoms with Gasteiger partial charge in [-0.15, -0.1) is 11.3 Å². The SMILES string of the molecule is COc1ccc2cc([C@H](C)C(=O)N3CCN(CCCc4nc(-c5cccs5)no4)CC3)ccc2c1. The van der Waals surface area contributed by atoms with Crippen molar-refractivity contribution < 1.29 is 14.1 Å².